The van der Waals surface area contributed by atoms with Crippen molar-refractivity contribution >= 4 is 23.2 Å². The Hall–Kier alpha value is -1.42. The molecule has 1 rings (SSSR count). The summed E-state index contributed by atoms with van der Waals surface area (Å²) >= 11 is 5.15. The van der Waals surface area contributed by atoms with Gasteiger partial charge in [0.15, 0.2) is 0 Å². The predicted molar refractivity (Wildman–Crippen MR) is 78.8 cm³/mol. The van der Waals surface area contributed by atoms with Crippen LogP contribution in [0.3, 0.4) is 0 Å². The van der Waals surface area contributed by atoms with Gasteiger partial charge in [-0.2, -0.15) is 0 Å². The van der Waals surface area contributed by atoms with E-state index in [1.807, 2.05) is 30.3 Å². The van der Waals surface area contributed by atoms with Crippen molar-refractivity contribution in [1.82, 2.24) is 10.6 Å². The van der Waals surface area contributed by atoms with Gasteiger partial charge in [0.1, 0.15) is 4.99 Å². The number of amides is 2. The van der Waals surface area contributed by atoms with E-state index in [1.165, 1.54) is 12.8 Å². The Bertz CT molecular complexity index is 379. The van der Waals surface area contributed by atoms with Gasteiger partial charge < -0.3 is 5.32 Å². The largest absolute Gasteiger partial charge is 0.338 e. The standard InChI is InChI=1S/C14H20N2OS/c1-2-3-4-8-11-15-14(17)16-13(18)12-9-6-5-7-10-12/h5-7,9-10H,2-4,8,11H2,1H3,(H2,15,16,17,18). The van der Waals surface area contributed by atoms with Crippen molar-refractivity contribution in [1.29, 1.82) is 0 Å². The Morgan fingerprint density at radius 3 is 2.56 bits per heavy atom. The molecule has 0 fully saturated rings. The molecule has 1 aromatic rings. The van der Waals surface area contributed by atoms with Crippen molar-refractivity contribution in [3.05, 3.63) is 35.9 Å². The molecular formula is C14H20N2OS. The van der Waals surface area contributed by atoms with Gasteiger partial charge in [0.05, 0.1) is 0 Å². The molecular weight excluding hydrogens is 244 g/mol. The van der Waals surface area contributed by atoms with Crippen LogP contribution in [0.2, 0.25) is 0 Å². The second kappa shape index (κ2) is 8.64. The van der Waals surface area contributed by atoms with Crippen LogP contribution in [-0.4, -0.2) is 17.6 Å². The van der Waals surface area contributed by atoms with Crippen LogP contribution in [0.15, 0.2) is 30.3 Å². The summed E-state index contributed by atoms with van der Waals surface area (Å²) in [7, 11) is 0. The summed E-state index contributed by atoms with van der Waals surface area (Å²) in [5.41, 5.74) is 0.855. The van der Waals surface area contributed by atoms with Crippen LogP contribution in [0.5, 0.6) is 0 Å². The number of carbonyl (C=O) groups is 1. The third kappa shape index (κ3) is 5.77. The van der Waals surface area contributed by atoms with Gasteiger partial charge in [-0.25, -0.2) is 4.79 Å². The SMILES string of the molecule is CCCCCCNC(=O)NC(=S)c1ccccc1. The molecule has 0 aliphatic heterocycles. The van der Waals surface area contributed by atoms with Gasteiger partial charge in [-0.05, 0) is 6.42 Å². The zero-order valence-corrected chi connectivity index (χ0v) is 11.6. The van der Waals surface area contributed by atoms with E-state index in [0.717, 1.165) is 18.4 Å². The molecule has 0 unspecified atom stereocenters. The van der Waals surface area contributed by atoms with Crippen LogP contribution in [-0.2, 0) is 0 Å². The van der Waals surface area contributed by atoms with Gasteiger partial charge in [-0.15, -0.1) is 0 Å². The van der Waals surface area contributed by atoms with E-state index >= 15 is 0 Å². The first-order chi connectivity index (χ1) is 8.74. The van der Waals surface area contributed by atoms with Crippen molar-refractivity contribution in [2.45, 2.75) is 32.6 Å². The number of rotatable bonds is 6. The smallest absolute Gasteiger partial charge is 0.319 e. The Balaban J connectivity index is 2.22. The van der Waals surface area contributed by atoms with Crippen molar-refractivity contribution in [3.63, 3.8) is 0 Å². The minimum atomic E-state index is -0.222. The van der Waals surface area contributed by atoms with Gasteiger partial charge in [0.2, 0.25) is 0 Å². The van der Waals surface area contributed by atoms with Crippen molar-refractivity contribution in [2.24, 2.45) is 0 Å². The fraction of sp³-hybridized carbons (Fsp3) is 0.429. The molecule has 0 atom stereocenters. The van der Waals surface area contributed by atoms with Crippen LogP contribution in [0.25, 0.3) is 0 Å². The second-order valence-corrected chi connectivity index (χ2v) is 4.54. The molecule has 98 valence electrons. The number of hydrogen-bond donors (Lipinski definition) is 2. The molecule has 0 saturated carbocycles. The van der Waals surface area contributed by atoms with Crippen molar-refractivity contribution in [2.75, 3.05) is 6.54 Å². The molecule has 0 radical (unpaired) electrons. The van der Waals surface area contributed by atoms with Gasteiger partial charge in [0.25, 0.3) is 0 Å². The Kier molecular flexibility index (Phi) is 7.03. The van der Waals surface area contributed by atoms with E-state index in [0.29, 0.717) is 11.5 Å². The quantitative estimate of drug-likeness (QED) is 0.612. The topological polar surface area (TPSA) is 41.1 Å². The first kappa shape index (κ1) is 14.6. The number of thiocarbonyl (C=S) groups is 1. The van der Waals surface area contributed by atoms with Gasteiger partial charge >= 0.3 is 6.03 Å². The second-order valence-electron chi connectivity index (χ2n) is 4.14. The molecule has 0 spiro atoms. The number of carbonyl (C=O) groups excluding carboxylic acids is 1. The lowest BCUT2D eigenvalue weighted by Crippen LogP contribution is -2.39. The molecule has 2 amide bonds. The highest BCUT2D eigenvalue weighted by molar-refractivity contribution is 7.80. The molecule has 0 aliphatic rings. The molecule has 0 aliphatic carbocycles. The summed E-state index contributed by atoms with van der Waals surface area (Å²) in [6, 6.07) is 9.24. The van der Waals surface area contributed by atoms with E-state index in [9.17, 15) is 4.79 Å². The summed E-state index contributed by atoms with van der Waals surface area (Å²) < 4.78 is 0. The Labute approximate surface area is 114 Å². The van der Waals surface area contributed by atoms with Gasteiger partial charge in [-0.3, -0.25) is 5.32 Å². The van der Waals surface area contributed by atoms with E-state index < -0.39 is 0 Å². The fourth-order valence-corrected chi connectivity index (χ4v) is 1.79. The van der Waals surface area contributed by atoms with Crippen LogP contribution < -0.4 is 10.6 Å². The van der Waals surface area contributed by atoms with Crippen LogP contribution in [0.1, 0.15) is 38.2 Å². The average Bonchev–Trinajstić information content (AvgIpc) is 2.39. The predicted octanol–water partition coefficient (Wildman–Crippen LogP) is 3.24. The molecule has 0 aromatic heterocycles. The highest BCUT2D eigenvalue weighted by Gasteiger charge is 2.04. The molecule has 2 N–H and O–H groups in total. The third-order valence-corrected chi connectivity index (χ3v) is 2.92. The molecule has 4 heteroatoms. The van der Waals surface area contributed by atoms with Crippen molar-refractivity contribution < 1.29 is 4.79 Å². The summed E-state index contributed by atoms with van der Waals surface area (Å²) in [4.78, 5) is 12.0. The molecule has 3 nitrogen and oxygen atoms in total. The maximum atomic E-state index is 11.5. The minimum Gasteiger partial charge on any atom is -0.338 e. The lowest BCUT2D eigenvalue weighted by Gasteiger charge is -2.08. The number of benzene rings is 1. The third-order valence-electron chi connectivity index (χ3n) is 2.58. The number of urea groups is 1. The van der Waals surface area contributed by atoms with E-state index in [-0.39, 0.29) is 6.03 Å². The van der Waals surface area contributed by atoms with E-state index in [2.05, 4.69) is 17.6 Å². The van der Waals surface area contributed by atoms with Crippen LogP contribution in [0, 0.1) is 0 Å². The molecule has 0 saturated heterocycles. The highest BCUT2D eigenvalue weighted by Crippen LogP contribution is 1.99. The summed E-state index contributed by atoms with van der Waals surface area (Å²) in [6.07, 6.45) is 4.58. The minimum absolute atomic E-state index is 0.222. The van der Waals surface area contributed by atoms with E-state index in [1.54, 1.807) is 0 Å². The molecule has 18 heavy (non-hydrogen) atoms. The fourth-order valence-electron chi connectivity index (χ4n) is 1.56. The van der Waals surface area contributed by atoms with E-state index in [4.69, 9.17) is 12.2 Å². The zero-order valence-electron chi connectivity index (χ0n) is 10.7. The monoisotopic (exact) mass is 264 g/mol. The molecule has 0 heterocycles. The number of unbranched alkanes of at least 4 members (excludes halogenated alkanes) is 3. The lowest BCUT2D eigenvalue weighted by molar-refractivity contribution is 0.245. The van der Waals surface area contributed by atoms with Gasteiger partial charge in [0, 0.05) is 12.1 Å². The van der Waals surface area contributed by atoms with Gasteiger partial charge in [-0.1, -0.05) is 68.7 Å². The summed E-state index contributed by atoms with van der Waals surface area (Å²) in [6.45, 7) is 2.86. The maximum Gasteiger partial charge on any atom is 0.319 e. The Morgan fingerprint density at radius 1 is 1.17 bits per heavy atom. The van der Waals surface area contributed by atoms with Crippen LogP contribution in [0.4, 0.5) is 4.79 Å². The summed E-state index contributed by atoms with van der Waals surface area (Å²) in [5.74, 6) is 0. The summed E-state index contributed by atoms with van der Waals surface area (Å²) in [5, 5.41) is 5.47. The molecule has 0 bridgehead atoms. The first-order valence-electron chi connectivity index (χ1n) is 6.38. The Morgan fingerprint density at radius 2 is 1.89 bits per heavy atom. The number of hydrogen-bond acceptors (Lipinski definition) is 2. The van der Waals surface area contributed by atoms with Crippen LogP contribution >= 0.6 is 12.2 Å². The maximum absolute atomic E-state index is 11.5. The number of nitrogens with one attached hydrogen (secondary N) is 2. The molecule has 1 aromatic carbocycles. The first-order valence-corrected chi connectivity index (χ1v) is 6.79. The van der Waals surface area contributed by atoms with Crippen molar-refractivity contribution in [3.8, 4) is 0 Å². The normalized spacial score (nSPS) is 9.83. The lowest BCUT2D eigenvalue weighted by atomic mass is 10.2. The highest BCUT2D eigenvalue weighted by atomic mass is 32.1. The average molecular weight is 264 g/mol. The zero-order chi connectivity index (χ0) is 13.2.